The lowest BCUT2D eigenvalue weighted by Crippen LogP contribution is -2.28. The van der Waals surface area contributed by atoms with Crippen LogP contribution in [0.3, 0.4) is 0 Å². The first-order chi connectivity index (χ1) is 13.4. The van der Waals surface area contributed by atoms with Crippen molar-refractivity contribution in [2.75, 3.05) is 13.1 Å². The third kappa shape index (κ3) is 3.44. The van der Waals surface area contributed by atoms with Gasteiger partial charge in [0.25, 0.3) is 0 Å². The van der Waals surface area contributed by atoms with Gasteiger partial charge in [0.05, 0.1) is 21.8 Å². The zero-order valence-electron chi connectivity index (χ0n) is 15.0. The number of benzene rings is 2. The Morgan fingerprint density at radius 3 is 2.39 bits per heavy atom. The van der Waals surface area contributed by atoms with Gasteiger partial charge in [-0.1, -0.05) is 30.3 Å². The van der Waals surface area contributed by atoms with Gasteiger partial charge in [-0.25, -0.2) is 17.9 Å². The molecule has 0 radical (unpaired) electrons. The predicted octanol–water partition coefficient (Wildman–Crippen LogP) is 3.02. The van der Waals surface area contributed by atoms with Gasteiger partial charge in [-0.05, 0) is 37.1 Å². The molecule has 1 aliphatic heterocycles. The molecule has 1 N–H and O–H groups in total. The van der Waals surface area contributed by atoms with E-state index in [1.54, 1.807) is 12.3 Å². The van der Waals surface area contributed by atoms with E-state index in [9.17, 15) is 18.3 Å². The fourth-order valence-electron chi connectivity index (χ4n) is 3.30. The van der Waals surface area contributed by atoms with Crippen molar-refractivity contribution in [1.29, 1.82) is 0 Å². The average molecular weight is 397 g/mol. The first kappa shape index (κ1) is 18.4. The monoisotopic (exact) mass is 397 g/mol. The van der Waals surface area contributed by atoms with Crippen LogP contribution in [0.4, 0.5) is 0 Å². The van der Waals surface area contributed by atoms with Crippen LogP contribution in [0, 0.1) is 0 Å². The quantitative estimate of drug-likeness (QED) is 0.714. The standard InChI is InChI=1S/C20H19N3O4S/c24-20(25)16-12-17(14-18(13-16)28(26,27)22-9-4-5-10-22)23-11-8-19(21-23)15-6-2-1-3-7-15/h1-3,6-8,11-14H,4-5,9-10H2,(H,24,25). The summed E-state index contributed by atoms with van der Waals surface area (Å²) in [5, 5.41) is 13.9. The molecule has 0 amide bonds. The molecular weight excluding hydrogens is 378 g/mol. The predicted molar refractivity (Wildman–Crippen MR) is 104 cm³/mol. The highest BCUT2D eigenvalue weighted by Gasteiger charge is 2.28. The number of hydrogen-bond acceptors (Lipinski definition) is 4. The van der Waals surface area contributed by atoms with Gasteiger partial charge in [0.1, 0.15) is 0 Å². The number of hydrogen-bond donors (Lipinski definition) is 1. The Labute approximate surface area is 162 Å². The summed E-state index contributed by atoms with van der Waals surface area (Å²) >= 11 is 0. The van der Waals surface area contributed by atoms with Gasteiger partial charge in [0.2, 0.25) is 10.0 Å². The summed E-state index contributed by atoms with van der Waals surface area (Å²) in [4.78, 5) is 11.5. The molecular formula is C20H19N3O4S. The van der Waals surface area contributed by atoms with Crippen molar-refractivity contribution < 1.29 is 18.3 Å². The SMILES string of the molecule is O=C(O)c1cc(-n2ccc(-c3ccccc3)n2)cc(S(=O)(=O)N2CCCC2)c1. The maximum Gasteiger partial charge on any atom is 0.335 e. The Morgan fingerprint density at radius 2 is 1.71 bits per heavy atom. The molecule has 1 fully saturated rings. The molecule has 0 unspecified atom stereocenters. The van der Waals surface area contributed by atoms with Gasteiger partial charge < -0.3 is 5.11 Å². The van der Waals surface area contributed by atoms with E-state index in [-0.39, 0.29) is 10.5 Å². The largest absolute Gasteiger partial charge is 0.478 e. The van der Waals surface area contributed by atoms with E-state index in [1.165, 1.54) is 27.2 Å². The topological polar surface area (TPSA) is 92.5 Å². The fourth-order valence-corrected chi connectivity index (χ4v) is 4.88. The van der Waals surface area contributed by atoms with Crippen LogP contribution >= 0.6 is 0 Å². The van der Waals surface area contributed by atoms with Crippen LogP contribution in [-0.2, 0) is 10.0 Å². The van der Waals surface area contributed by atoms with E-state index in [4.69, 9.17) is 0 Å². The van der Waals surface area contributed by atoms with Crippen LogP contribution in [0.15, 0.2) is 65.7 Å². The van der Waals surface area contributed by atoms with Crippen molar-refractivity contribution in [3.8, 4) is 16.9 Å². The molecule has 2 aromatic carbocycles. The van der Waals surface area contributed by atoms with E-state index in [2.05, 4.69) is 5.10 Å². The van der Waals surface area contributed by atoms with Crippen molar-refractivity contribution in [2.24, 2.45) is 0 Å². The van der Waals surface area contributed by atoms with E-state index in [0.717, 1.165) is 18.4 Å². The highest BCUT2D eigenvalue weighted by Crippen LogP contribution is 2.25. The maximum absolute atomic E-state index is 12.9. The summed E-state index contributed by atoms with van der Waals surface area (Å²) in [5.74, 6) is -1.19. The van der Waals surface area contributed by atoms with Gasteiger partial charge in [-0.3, -0.25) is 0 Å². The number of aromatic carboxylic acids is 1. The van der Waals surface area contributed by atoms with Crippen LogP contribution in [0.5, 0.6) is 0 Å². The Kier molecular flexibility index (Phi) is 4.74. The van der Waals surface area contributed by atoms with Crippen LogP contribution in [0.2, 0.25) is 0 Å². The number of aromatic nitrogens is 2. The van der Waals surface area contributed by atoms with E-state index < -0.39 is 16.0 Å². The van der Waals surface area contributed by atoms with Gasteiger partial charge in [0.15, 0.2) is 0 Å². The zero-order valence-corrected chi connectivity index (χ0v) is 15.8. The highest BCUT2D eigenvalue weighted by molar-refractivity contribution is 7.89. The molecule has 0 spiro atoms. The normalized spacial score (nSPS) is 15.0. The summed E-state index contributed by atoms with van der Waals surface area (Å²) in [6.07, 6.45) is 3.31. The number of nitrogens with zero attached hydrogens (tertiary/aromatic N) is 3. The van der Waals surface area contributed by atoms with Gasteiger partial charge >= 0.3 is 5.97 Å². The van der Waals surface area contributed by atoms with Gasteiger partial charge in [-0.2, -0.15) is 9.40 Å². The lowest BCUT2D eigenvalue weighted by molar-refractivity contribution is 0.0696. The zero-order chi connectivity index (χ0) is 19.7. The molecule has 2 heterocycles. The summed E-state index contributed by atoms with van der Waals surface area (Å²) in [6, 6.07) is 15.5. The number of carboxylic acids is 1. The molecule has 0 bridgehead atoms. The molecule has 28 heavy (non-hydrogen) atoms. The van der Waals surface area contributed by atoms with E-state index in [1.807, 2.05) is 30.3 Å². The summed E-state index contributed by atoms with van der Waals surface area (Å²) in [7, 11) is -3.74. The van der Waals surface area contributed by atoms with E-state index >= 15 is 0 Å². The second-order valence-corrected chi connectivity index (χ2v) is 8.58. The lowest BCUT2D eigenvalue weighted by atomic mass is 10.2. The van der Waals surface area contributed by atoms with Crippen LogP contribution in [0.1, 0.15) is 23.2 Å². The summed E-state index contributed by atoms with van der Waals surface area (Å²) in [6.45, 7) is 0.907. The molecule has 8 heteroatoms. The molecule has 144 valence electrons. The Bertz CT molecular complexity index is 1120. The van der Waals surface area contributed by atoms with Crippen molar-refractivity contribution in [1.82, 2.24) is 14.1 Å². The third-order valence-electron chi connectivity index (χ3n) is 4.76. The first-order valence-electron chi connectivity index (χ1n) is 8.95. The smallest absolute Gasteiger partial charge is 0.335 e. The maximum atomic E-state index is 12.9. The Balaban J connectivity index is 1.78. The Morgan fingerprint density at radius 1 is 1.00 bits per heavy atom. The number of rotatable bonds is 5. The molecule has 1 saturated heterocycles. The van der Waals surface area contributed by atoms with Crippen molar-refractivity contribution in [2.45, 2.75) is 17.7 Å². The number of carbonyl (C=O) groups is 1. The van der Waals surface area contributed by atoms with E-state index in [0.29, 0.717) is 24.5 Å². The van der Waals surface area contributed by atoms with Gasteiger partial charge in [-0.15, -0.1) is 0 Å². The molecule has 1 aliphatic rings. The van der Waals surface area contributed by atoms with Crippen LogP contribution in [0.25, 0.3) is 16.9 Å². The minimum Gasteiger partial charge on any atom is -0.478 e. The second kappa shape index (κ2) is 7.21. The molecule has 1 aromatic heterocycles. The fraction of sp³-hybridized carbons (Fsp3) is 0.200. The summed E-state index contributed by atoms with van der Waals surface area (Å²) < 4.78 is 28.7. The molecule has 0 atom stereocenters. The van der Waals surface area contributed by atoms with Crippen molar-refractivity contribution in [3.63, 3.8) is 0 Å². The number of sulfonamides is 1. The average Bonchev–Trinajstić information content (AvgIpc) is 3.41. The molecule has 3 aromatic rings. The molecule has 4 rings (SSSR count). The van der Waals surface area contributed by atoms with Crippen LogP contribution < -0.4 is 0 Å². The van der Waals surface area contributed by atoms with Crippen LogP contribution in [-0.4, -0.2) is 46.7 Å². The third-order valence-corrected chi connectivity index (χ3v) is 6.64. The number of carboxylic acid groups (broad SMARTS) is 1. The lowest BCUT2D eigenvalue weighted by Gasteiger charge is -2.16. The molecule has 0 aliphatic carbocycles. The first-order valence-corrected chi connectivity index (χ1v) is 10.4. The minimum absolute atomic E-state index is 0.0268. The summed E-state index contributed by atoms with van der Waals surface area (Å²) in [5.41, 5.74) is 1.93. The second-order valence-electron chi connectivity index (χ2n) is 6.64. The molecule has 0 saturated carbocycles. The Hall–Kier alpha value is -2.97. The molecule has 7 nitrogen and oxygen atoms in total. The van der Waals surface area contributed by atoms with Crippen molar-refractivity contribution >= 4 is 16.0 Å². The van der Waals surface area contributed by atoms with Crippen molar-refractivity contribution in [3.05, 3.63) is 66.4 Å². The highest BCUT2D eigenvalue weighted by atomic mass is 32.2. The minimum atomic E-state index is -3.74. The van der Waals surface area contributed by atoms with Gasteiger partial charge in [0, 0.05) is 24.8 Å².